The molecule has 2 aliphatic rings. The van der Waals surface area contributed by atoms with Crippen LogP contribution in [0.15, 0.2) is 29.8 Å². The molecule has 0 spiro atoms. The van der Waals surface area contributed by atoms with Gasteiger partial charge in [0.2, 0.25) is 0 Å². The van der Waals surface area contributed by atoms with Gasteiger partial charge in [-0.3, -0.25) is 14.6 Å². The van der Waals surface area contributed by atoms with Crippen LogP contribution >= 0.6 is 11.3 Å². The Labute approximate surface area is 187 Å². The fourth-order valence-corrected chi connectivity index (χ4v) is 5.65. The van der Waals surface area contributed by atoms with Crippen molar-refractivity contribution in [2.75, 3.05) is 19.6 Å². The van der Waals surface area contributed by atoms with Gasteiger partial charge in [0.1, 0.15) is 11.3 Å². The average molecular weight is 443 g/mol. The number of nitrogens with zero attached hydrogens (tertiary/aromatic N) is 3. The van der Waals surface area contributed by atoms with E-state index in [1.165, 1.54) is 4.90 Å². The number of amides is 3. The molecule has 31 heavy (non-hydrogen) atoms. The number of likely N-dealkylation sites (tertiary alicyclic amines) is 1. The molecule has 8 heteroatoms. The number of aryl methyl sites for hydroxylation is 1. The largest absolute Gasteiger partial charge is 0.508 e. The summed E-state index contributed by atoms with van der Waals surface area (Å²) in [4.78, 5) is 35.3. The van der Waals surface area contributed by atoms with Crippen LogP contribution in [-0.4, -0.2) is 57.0 Å². The summed E-state index contributed by atoms with van der Waals surface area (Å²) in [6.45, 7) is 6.95. The Hall–Kier alpha value is -2.45. The smallest absolute Gasteiger partial charge is 0.325 e. The van der Waals surface area contributed by atoms with E-state index in [0.29, 0.717) is 19.4 Å². The number of phenolic OH excluding ortho intramolecular Hbond substituents is 1. The molecule has 7 nitrogen and oxygen atoms in total. The monoisotopic (exact) mass is 442 g/mol. The van der Waals surface area contributed by atoms with Crippen molar-refractivity contribution in [3.8, 4) is 5.75 Å². The fourth-order valence-electron chi connectivity index (χ4n) is 4.88. The number of hydrogen-bond acceptors (Lipinski definition) is 6. The van der Waals surface area contributed by atoms with Crippen molar-refractivity contribution in [1.29, 1.82) is 0 Å². The molecule has 0 radical (unpaired) electrons. The number of nitrogens with one attached hydrogen (secondary N) is 1. The van der Waals surface area contributed by atoms with Gasteiger partial charge in [-0.1, -0.05) is 19.1 Å². The van der Waals surface area contributed by atoms with Gasteiger partial charge in [-0.2, -0.15) is 0 Å². The zero-order chi connectivity index (χ0) is 22.0. The van der Waals surface area contributed by atoms with Crippen LogP contribution in [0.5, 0.6) is 5.75 Å². The molecule has 0 saturated carbocycles. The number of phenols is 1. The second-order valence-electron chi connectivity index (χ2n) is 8.54. The summed E-state index contributed by atoms with van der Waals surface area (Å²) in [5, 5.41) is 12.5. The summed E-state index contributed by atoms with van der Waals surface area (Å²) in [5.74, 6) is 0.345. The first-order chi connectivity index (χ1) is 14.9. The molecule has 0 aliphatic carbocycles. The number of carbonyl (C=O) groups is 2. The number of carbonyl (C=O) groups excluding carboxylic acids is 2. The Balaban J connectivity index is 1.38. The van der Waals surface area contributed by atoms with Crippen LogP contribution in [0.4, 0.5) is 4.79 Å². The van der Waals surface area contributed by atoms with Crippen LogP contribution in [-0.2, 0) is 17.8 Å². The predicted molar refractivity (Wildman–Crippen MR) is 120 cm³/mol. The summed E-state index contributed by atoms with van der Waals surface area (Å²) in [5.41, 5.74) is 3.15. The lowest BCUT2D eigenvalue weighted by molar-refractivity contribution is -0.134. The van der Waals surface area contributed by atoms with E-state index in [-0.39, 0.29) is 23.6 Å². The van der Waals surface area contributed by atoms with Crippen molar-refractivity contribution >= 4 is 23.3 Å². The van der Waals surface area contributed by atoms with E-state index in [1.54, 1.807) is 29.0 Å². The number of aromatic hydroxyl groups is 1. The SMILES string of the molecule is CCC1(C2CCN(Cc3ccc(O)cc3)CC2)NC(=O)N(CCc2scnc2C)C1=O. The summed E-state index contributed by atoms with van der Waals surface area (Å²) in [7, 11) is 0. The maximum atomic E-state index is 13.4. The predicted octanol–water partition coefficient (Wildman–Crippen LogP) is 3.31. The van der Waals surface area contributed by atoms with Gasteiger partial charge in [0.15, 0.2) is 0 Å². The van der Waals surface area contributed by atoms with E-state index < -0.39 is 5.54 Å². The van der Waals surface area contributed by atoms with Crippen LogP contribution in [0.3, 0.4) is 0 Å². The Morgan fingerprint density at radius 2 is 1.94 bits per heavy atom. The highest BCUT2D eigenvalue weighted by molar-refractivity contribution is 7.09. The normalized spacial score (nSPS) is 22.8. The molecule has 1 unspecified atom stereocenters. The Morgan fingerprint density at radius 3 is 2.55 bits per heavy atom. The molecule has 3 amide bonds. The lowest BCUT2D eigenvalue weighted by atomic mass is 9.75. The van der Waals surface area contributed by atoms with Gasteiger partial charge in [0.25, 0.3) is 5.91 Å². The summed E-state index contributed by atoms with van der Waals surface area (Å²) in [6.07, 6.45) is 3.01. The molecule has 1 aromatic carbocycles. The van der Waals surface area contributed by atoms with Crippen molar-refractivity contribution in [2.45, 2.75) is 51.6 Å². The molecule has 2 fully saturated rings. The van der Waals surface area contributed by atoms with Gasteiger partial charge < -0.3 is 10.4 Å². The number of rotatable bonds is 7. The summed E-state index contributed by atoms with van der Waals surface area (Å²) < 4.78 is 0. The lowest BCUT2D eigenvalue weighted by Gasteiger charge is -2.40. The minimum atomic E-state index is -0.787. The molecule has 4 rings (SSSR count). The summed E-state index contributed by atoms with van der Waals surface area (Å²) >= 11 is 1.57. The molecule has 3 heterocycles. The molecule has 166 valence electrons. The van der Waals surface area contributed by atoms with E-state index in [9.17, 15) is 14.7 Å². The van der Waals surface area contributed by atoms with Crippen molar-refractivity contribution in [1.82, 2.24) is 20.1 Å². The number of benzene rings is 1. The number of hydrogen-bond donors (Lipinski definition) is 2. The van der Waals surface area contributed by atoms with E-state index in [0.717, 1.165) is 48.6 Å². The standard InChI is InChI=1S/C23H30N4O3S/c1-3-23(18-8-11-26(12-9-18)14-17-4-6-19(28)7-5-17)21(29)27(22(30)25-23)13-10-20-16(2)24-15-31-20/h4-7,15,18,28H,3,8-14H2,1-2H3,(H,25,30). The lowest BCUT2D eigenvalue weighted by Crippen LogP contribution is -2.55. The van der Waals surface area contributed by atoms with E-state index in [4.69, 9.17) is 0 Å². The number of urea groups is 1. The molecular formula is C23H30N4O3S. The van der Waals surface area contributed by atoms with Gasteiger partial charge in [-0.15, -0.1) is 11.3 Å². The Bertz CT molecular complexity index is 937. The molecule has 2 aromatic rings. The highest BCUT2D eigenvalue weighted by atomic mass is 32.1. The molecular weight excluding hydrogens is 412 g/mol. The molecule has 2 saturated heterocycles. The third kappa shape index (κ3) is 4.32. The Kier molecular flexibility index (Phi) is 6.29. The van der Waals surface area contributed by atoms with Crippen LogP contribution in [0.2, 0.25) is 0 Å². The van der Waals surface area contributed by atoms with E-state index >= 15 is 0 Å². The minimum absolute atomic E-state index is 0.0702. The van der Waals surface area contributed by atoms with Crippen LogP contribution in [0.1, 0.15) is 42.3 Å². The first kappa shape index (κ1) is 21.8. The van der Waals surface area contributed by atoms with Crippen molar-refractivity contribution in [3.05, 3.63) is 45.9 Å². The van der Waals surface area contributed by atoms with Crippen LogP contribution < -0.4 is 5.32 Å². The van der Waals surface area contributed by atoms with Gasteiger partial charge in [-0.25, -0.2) is 9.78 Å². The van der Waals surface area contributed by atoms with Crippen molar-refractivity contribution in [2.24, 2.45) is 5.92 Å². The molecule has 1 aromatic heterocycles. The number of aromatic nitrogens is 1. The zero-order valence-corrected chi connectivity index (χ0v) is 19.0. The van der Waals surface area contributed by atoms with Gasteiger partial charge in [0, 0.05) is 24.4 Å². The van der Waals surface area contributed by atoms with E-state index in [2.05, 4.69) is 15.2 Å². The molecule has 0 bridgehead atoms. The van der Waals surface area contributed by atoms with Crippen molar-refractivity contribution < 1.29 is 14.7 Å². The zero-order valence-electron chi connectivity index (χ0n) is 18.1. The number of piperidine rings is 1. The molecule has 2 N–H and O–H groups in total. The number of imide groups is 1. The quantitative estimate of drug-likeness (QED) is 0.643. The van der Waals surface area contributed by atoms with E-state index in [1.807, 2.05) is 26.0 Å². The fraction of sp³-hybridized carbons (Fsp3) is 0.522. The highest BCUT2D eigenvalue weighted by Crippen LogP contribution is 2.36. The third-order valence-corrected chi connectivity index (χ3v) is 7.79. The third-order valence-electron chi connectivity index (χ3n) is 6.79. The van der Waals surface area contributed by atoms with Gasteiger partial charge in [-0.05, 0) is 62.9 Å². The average Bonchev–Trinajstić information content (AvgIpc) is 3.29. The van der Waals surface area contributed by atoms with Crippen LogP contribution in [0, 0.1) is 12.8 Å². The van der Waals surface area contributed by atoms with Gasteiger partial charge >= 0.3 is 6.03 Å². The minimum Gasteiger partial charge on any atom is -0.508 e. The second-order valence-corrected chi connectivity index (χ2v) is 9.48. The maximum Gasteiger partial charge on any atom is 0.325 e. The first-order valence-electron chi connectivity index (χ1n) is 11.0. The number of thiazole rings is 1. The molecule has 2 aliphatic heterocycles. The highest BCUT2D eigenvalue weighted by Gasteiger charge is 2.54. The second kappa shape index (κ2) is 8.96. The topological polar surface area (TPSA) is 85.8 Å². The Morgan fingerprint density at radius 1 is 1.23 bits per heavy atom. The molecule has 1 atom stereocenters. The summed E-state index contributed by atoms with van der Waals surface area (Å²) in [6, 6.07) is 7.05. The maximum absolute atomic E-state index is 13.4. The van der Waals surface area contributed by atoms with Crippen LogP contribution in [0.25, 0.3) is 0 Å². The van der Waals surface area contributed by atoms with Gasteiger partial charge in [0.05, 0.1) is 11.2 Å². The van der Waals surface area contributed by atoms with Crippen molar-refractivity contribution in [3.63, 3.8) is 0 Å². The first-order valence-corrected chi connectivity index (χ1v) is 11.8.